The summed E-state index contributed by atoms with van der Waals surface area (Å²) in [7, 11) is 1.61. The van der Waals surface area contributed by atoms with Crippen molar-refractivity contribution in [3.05, 3.63) is 32.7 Å². The summed E-state index contributed by atoms with van der Waals surface area (Å²) >= 11 is 0. The summed E-state index contributed by atoms with van der Waals surface area (Å²) in [5, 5.41) is 0. The van der Waals surface area contributed by atoms with E-state index in [2.05, 4.69) is 33.3 Å². The molecule has 1 N–H and O–H groups in total. The maximum absolute atomic E-state index is 12.3. The Hall–Kier alpha value is -2.39. The highest BCUT2D eigenvalue weighted by Crippen LogP contribution is 2.17. The van der Waals surface area contributed by atoms with E-state index in [4.69, 9.17) is 4.74 Å². The van der Waals surface area contributed by atoms with Crippen molar-refractivity contribution in [2.75, 3.05) is 19.6 Å². The van der Waals surface area contributed by atoms with Gasteiger partial charge in [-0.2, -0.15) is 4.98 Å². The number of aromatic amines is 1. The Bertz CT molecular complexity index is 1080. The third-order valence-corrected chi connectivity index (χ3v) is 5.05. The van der Waals surface area contributed by atoms with Crippen molar-refractivity contribution in [1.29, 1.82) is 0 Å². The molecule has 0 spiro atoms. The molecule has 0 aromatic carbocycles. The third-order valence-electron chi connectivity index (χ3n) is 5.05. The maximum atomic E-state index is 12.3. The Morgan fingerprint density at radius 1 is 1.23 bits per heavy atom. The van der Waals surface area contributed by atoms with E-state index in [9.17, 15) is 9.59 Å². The van der Waals surface area contributed by atoms with E-state index in [1.807, 2.05) is 13.1 Å². The third kappa shape index (κ3) is 2.67. The van der Waals surface area contributed by atoms with Crippen molar-refractivity contribution < 1.29 is 4.74 Å². The van der Waals surface area contributed by atoms with E-state index >= 15 is 0 Å². The smallest absolute Gasteiger partial charge is 0.329 e. The van der Waals surface area contributed by atoms with Gasteiger partial charge in [0, 0.05) is 45.1 Å². The first-order valence-corrected chi connectivity index (χ1v) is 8.90. The van der Waals surface area contributed by atoms with Crippen molar-refractivity contribution in [2.45, 2.75) is 39.5 Å². The van der Waals surface area contributed by atoms with Crippen LogP contribution >= 0.6 is 0 Å². The van der Waals surface area contributed by atoms with E-state index in [1.165, 1.54) is 4.57 Å². The van der Waals surface area contributed by atoms with Gasteiger partial charge in [0.2, 0.25) is 5.78 Å². The molecule has 0 unspecified atom stereocenters. The molecule has 1 fully saturated rings. The van der Waals surface area contributed by atoms with E-state index in [-0.39, 0.29) is 12.2 Å². The molecular weight excluding hydrogens is 336 g/mol. The molecule has 9 heteroatoms. The summed E-state index contributed by atoms with van der Waals surface area (Å²) < 4.78 is 11.0. The molecule has 1 aliphatic heterocycles. The predicted octanol–water partition coefficient (Wildman–Crippen LogP) is 0.0936. The molecule has 0 bridgehead atoms. The van der Waals surface area contributed by atoms with E-state index in [0.29, 0.717) is 16.9 Å². The van der Waals surface area contributed by atoms with E-state index < -0.39 is 11.2 Å². The van der Waals surface area contributed by atoms with Crippen molar-refractivity contribution in [2.24, 2.45) is 7.05 Å². The molecule has 0 aliphatic carbocycles. The summed E-state index contributed by atoms with van der Waals surface area (Å²) in [6.45, 7) is 9.64. The Kier molecular flexibility index (Phi) is 4.00. The van der Waals surface area contributed by atoms with Gasteiger partial charge in [-0.25, -0.2) is 4.79 Å². The quantitative estimate of drug-likeness (QED) is 0.715. The van der Waals surface area contributed by atoms with E-state index in [1.54, 1.807) is 11.4 Å². The molecule has 0 amide bonds. The molecule has 2 atom stereocenters. The number of aryl methyl sites for hydroxylation is 2. The number of nitrogens with one attached hydrogen (secondary N) is 1. The predicted molar refractivity (Wildman–Crippen MR) is 97.7 cm³/mol. The first-order chi connectivity index (χ1) is 12.3. The summed E-state index contributed by atoms with van der Waals surface area (Å²) in [4.78, 5) is 33.4. The van der Waals surface area contributed by atoms with Crippen LogP contribution in [0, 0.1) is 6.92 Å². The molecule has 0 radical (unpaired) electrons. The largest absolute Gasteiger partial charge is 0.373 e. The molecule has 3 aromatic rings. The molecule has 1 aliphatic rings. The number of aromatic nitrogens is 5. The number of fused-ring (bicyclic) bond motifs is 3. The van der Waals surface area contributed by atoms with Gasteiger partial charge in [0.1, 0.15) is 0 Å². The lowest BCUT2D eigenvalue weighted by Gasteiger charge is -2.35. The lowest BCUT2D eigenvalue weighted by molar-refractivity contribution is -0.0685. The highest BCUT2D eigenvalue weighted by atomic mass is 16.5. The lowest BCUT2D eigenvalue weighted by atomic mass is 10.2. The monoisotopic (exact) mass is 360 g/mol. The fraction of sp³-hybridized carbons (Fsp3) is 0.588. The molecular formula is C17H24N6O3. The maximum Gasteiger partial charge on any atom is 0.329 e. The van der Waals surface area contributed by atoms with Crippen molar-refractivity contribution in [1.82, 2.24) is 28.4 Å². The van der Waals surface area contributed by atoms with Crippen LogP contribution in [0.3, 0.4) is 0 Å². The summed E-state index contributed by atoms with van der Waals surface area (Å²) in [5.74, 6) is 0.679. The van der Waals surface area contributed by atoms with Crippen LogP contribution in [0.5, 0.6) is 0 Å². The van der Waals surface area contributed by atoms with Crippen LogP contribution < -0.4 is 11.2 Å². The van der Waals surface area contributed by atoms with Crippen LogP contribution in [-0.4, -0.2) is 60.2 Å². The van der Waals surface area contributed by atoms with Gasteiger partial charge >= 0.3 is 5.69 Å². The minimum absolute atomic E-state index is 0.228. The highest BCUT2D eigenvalue weighted by molar-refractivity contribution is 5.75. The number of hydrogen-bond donors (Lipinski definition) is 1. The van der Waals surface area contributed by atoms with Crippen LogP contribution in [0.25, 0.3) is 16.9 Å². The number of ether oxygens (including phenoxy) is 1. The van der Waals surface area contributed by atoms with Gasteiger partial charge in [-0.15, -0.1) is 0 Å². The first-order valence-electron chi connectivity index (χ1n) is 8.90. The average molecular weight is 360 g/mol. The number of morpholine rings is 1. The molecule has 9 nitrogen and oxygen atoms in total. The molecule has 26 heavy (non-hydrogen) atoms. The van der Waals surface area contributed by atoms with E-state index in [0.717, 1.165) is 31.9 Å². The fourth-order valence-electron chi connectivity index (χ4n) is 3.90. The topological polar surface area (TPSA) is 89.6 Å². The number of H-pyrrole nitrogens is 1. The second kappa shape index (κ2) is 6.10. The zero-order valence-corrected chi connectivity index (χ0v) is 15.5. The minimum atomic E-state index is -0.456. The Morgan fingerprint density at radius 2 is 1.92 bits per heavy atom. The number of imidazole rings is 2. The van der Waals surface area contributed by atoms with Crippen molar-refractivity contribution >= 4 is 16.9 Å². The first kappa shape index (κ1) is 17.0. The molecule has 4 rings (SSSR count). The average Bonchev–Trinajstić information content (AvgIpc) is 3.05. The Labute approximate surface area is 149 Å². The summed E-state index contributed by atoms with van der Waals surface area (Å²) in [6, 6.07) is 0. The van der Waals surface area contributed by atoms with Crippen molar-refractivity contribution in [3.8, 4) is 0 Å². The summed E-state index contributed by atoms with van der Waals surface area (Å²) in [6.07, 6.45) is 2.35. The molecule has 4 heterocycles. The van der Waals surface area contributed by atoms with Gasteiger partial charge in [0.25, 0.3) is 5.56 Å². The summed E-state index contributed by atoms with van der Waals surface area (Å²) in [5.41, 5.74) is 0.956. The molecule has 140 valence electrons. The van der Waals surface area contributed by atoms with Crippen LogP contribution in [0.4, 0.5) is 0 Å². The van der Waals surface area contributed by atoms with Gasteiger partial charge in [-0.1, -0.05) is 0 Å². The molecule has 3 aromatic heterocycles. The molecule has 1 saturated heterocycles. The van der Waals surface area contributed by atoms with Gasteiger partial charge in [0.15, 0.2) is 11.2 Å². The Morgan fingerprint density at radius 3 is 2.62 bits per heavy atom. The van der Waals surface area contributed by atoms with Gasteiger partial charge in [0.05, 0.1) is 12.2 Å². The lowest BCUT2D eigenvalue weighted by Crippen LogP contribution is -2.46. The normalized spacial score (nSPS) is 21.8. The van der Waals surface area contributed by atoms with Crippen LogP contribution in [0.15, 0.2) is 15.8 Å². The Balaban J connectivity index is 1.71. The second-order valence-electron chi connectivity index (χ2n) is 7.21. The van der Waals surface area contributed by atoms with Crippen LogP contribution in [0.1, 0.15) is 19.5 Å². The highest BCUT2D eigenvalue weighted by Gasteiger charge is 2.23. The van der Waals surface area contributed by atoms with Gasteiger partial charge < -0.3 is 9.30 Å². The minimum Gasteiger partial charge on any atom is -0.373 e. The number of nitrogens with zero attached hydrogens (tertiary/aromatic N) is 5. The zero-order chi connectivity index (χ0) is 18.6. The zero-order valence-electron chi connectivity index (χ0n) is 15.5. The molecule has 0 saturated carbocycles. The second-order valence-corrected chi connectivity index (χ2v) is 7.21. The standard InChI is InChI=1S/C17H24N6O3/c1-10-7-23-13-14(20(4)17(25)19-15(13)24)18-16(23)22(10)6-5-21-8-11(2)26-12(3)9-21/h7,11-12H,5-6,8-9H2,1-4H3,(H,19,24,25)/t11-,12+. The number of rotatable bonds is 3. The number of hydrogen-bond acceptors (Lipinski definition) is 5. The van der Waals surface area contributed by atoms with Gasteiger partial charge in [-0.3, -0.25) is 23.6 Å². The SMILES string of the molecule is Cc1cn2c3c(=O)[nH]c(=O)n(C)c3nc2n1CCN1C[C@@H](C)O[C@@H](C)C1. The van der Waals surface area contributed by atoms with Crippen molar-refractivity contribution in [3.63, 3.8) is 0 Å². The fourth-order valence-corrected chi connectivity index (χ4v) is 3.90. The van der Waals surface area contributed by atoms with Crippen LogP contribution in [-0.2, 0) is 18.3 Å². The van der Waals surface area contributed by atoms with Crippen LogP contribution in [0.2, 0.25) is 0 Å². The van der Waals surface area contributed by atoms with Gasteiger partial charge in [-0.05, 0) is 20.8 Å².